The van der Waals surface area contributed by atoms with Gasteiger partial charge in [0.2, 0.25) is 0 Å². The van der Waals surface area contributed by atoms with Crippen LogP contribution in [0.25, 0.3) is 0 Å². The van der Waals surface area contributed by atoms with E-state index in [9.17, 15) is 0 Å². The highest BCUT2D eigenvalue weighted by Gasteiger charge is 2.07. The highest BCUT2D eigenvalue weighted by molar-refractivity contribution is 7.57. The third-order valence-corrected chi connectivity index (χ3v) is 8.33. The zero-order valence-electron chi connectivity index (χ0n) is 20.6. The molecule has 0 aliphatic heterocycles. The Hall–Kier alpha value is 0.860. The second kappa shape index (κ2) is 30.1. The van der Waals surface area contributed by atoms with Crippen LogP contribution in [-0.4, -0.2) is 24.6 Å². The zero-order chi connectivity index (χ0) is 21.1. The predicted octanol–water partition coefficient (Wildman–Crippen LogP) is 10.4. The van der Waals surface area contributed by atoms with E-state index in [-0.39, 0.29) is 0 Å². The molecule has 0 aromatic heterocycles. The van der Waals surface area contributed by atoms with E-state index in [0.717, 1.165) is 0 Å². The summed E-state index contributed by atoms with van der Waals surface area (Å²) in [7, 11) is 2.94. The van der Waals surface area contributed by atoms with Crippen LogP contribution in [0, 0.1) is 0 Å². The first-order chi connectivity index (χ1) is 13.8. The Morgan fingerprint density at radius 2 is 0.607 bits per heavy atom. The van der Waals surface area contributed by atoms with Crippen LogP contribution in [0.5, 0.6) is 0 Å². The highest BCUT2D eigenvalue weighted by atomic mass is 31.1. The molecular formula is C26H58P2. The van der Waals surface area contributed by atoms with Gasteiger partial charge in [0.25, 0.3) is 0 Å². The fraction of sp³-hybridized carbons (Fsp3) is 1.00. The summed E-state index contributed by atoms with van der Waals surface area (Å²) in [5.74, 6) is 0. The molecule has 0 saturated heterocycles. The number of unbranched alkanes of at least 4 members (excludes halogenated alkanes) is 15. The van der Waals surface area contributed by atoms with Crippen LogP contribution >= 0.6 is 17.2 Å². The fourth-order valence-corrected chi connectivity index (χ4v) is 6.37. The molecule has 0 radical (unpaired) electrons. The monoisotopic (exact) mass is 432 g/mol. The van der Waals surface area contributed by atoms with Crippen molar-refractivity contribution in [1.29, 1.82) is 0 Å². The minimum absolute atomic E-state index is 0.366. The van der Waals surface area contributed by atoms with E-state index in [4.69, 9.17) is 0 Å². The van der Waals surface area contributed by atoms with E-state index in [1.54, 1.807) is 18.5 Å². The molecule has 172 valence electrons. The summed E-state index contributed by atoms with van der Waals surface area (Å²) in [6.07, 6.45) is 32.4. The maximum Gasteiger partial charge on any atom is -0.0326 e. The van der Waals surface area contributed by atoms with Gasteiger partial charge < -0.3 is 0 Å². The van der Waals surface area contributed by atoms with Crippen molar-refractivity contribution in [3.05, 3.63) is 0 Å². The Kier molecular flexibility index (Phi) is 33.3. The van der Waals surface area contributed by atoms with Gasteiger partial charge in [0.05, 0.1) is 0 Å². The van der Waals surface area contributed by atoms with Crippen LogP contribution in [0.1, 0.15) is 143 Å². The lowest BCUT2D eigenvalue weighted by Crippen LogP contribution is -1.97. The van der Waals surface area contributed by atoms with Crippen molar-refractivity contribution in [2.24, 2.45) is 0 Å². The molecule has 0 bridgehead atoms. The van der Waals surface area contributed by atoms with Gasteiger partial charge in [-0.25, -0.2) is 0 Å². The maximum atomic E-state index is 2.58. The van der Waals surface area contributed by atoms with Crippen molar-refractivity contribution < 1.29 is 0 Å². The van der Waals surface area contributed by atoms with E-state index in [1.807, 2.05) is 0 Å². The smallest absolute Gasteiger partial charge is 0.0326 e. The van der Waals surface area contributed by atoms with E-state index in [1.165, 1.54) is 122 Å². The first-order valence-corrected chi connectivity index (χ1v) is 15.9. The Labute approximate surface area is 185 Å². The molecule has 0 nitrogen and oxygen atoms in total. The lowest BCUT2D eigenvalue weighted by Gasteiger charge is -2.18. The summed E-state index contributed by atoms with van der Waals surface area (Å²) in [6, 6.07) is 0. The molecule has 1 unspecified atom stereocenters. The Balaban J connectivity index is 0. The van der Waals surface area contributed by atoms with E-state index >= 15 is 0 Å². The quantitative estimate of drug-likeness (QED) is 0.125. The van der Waals surface area contributed by atoms with Gasteiger partial charge in [0.1, 0.15) is 0 Å². The molecule has 0 amide bonds. The van der Waals surface area contributed by atoms with Crippen molar-refractivity contribution in [3.8, 4) is 0 Å². The van der Waals surface area contributed by atoms with Gasteiger partial charge in [-0.05, 0) is 43.9 Å². The van der Waals surface area contributed by atoms with Gasteiger partial charge in [-0.3, -0.25) is 0 Å². The Morgan fingerprint density at radius 1 is 0.393 bits per heavy atom. The van der Waals surface area contributed by atoms with Crippen LogP contribution in [0.3, 0.4) is 0 Å². The third kappa shape index (κ3) is 29.1. The molecule has 1 atom stereocenters. The summed E-state index contributed by atoms with van der Waals surface area (Å²) in [5, 5.41) is 0. The fourth-order valence-electron chi connectivity index (χ4n) is 3.68. The molecule has 0 saturated carbocycles. The average molecular weight is 433 g/mol. The first kappa shape index (κ1) is 31.0. The van der Waals surface area contributed by atoms with Gasteiger partial charge in [0, 0.05) is 0 Å². The molecule has 28 heavy (non-hydrogen) atoms. The number of hydrogen-bond acceptors (Lipinski definition) is 0. The number of rotatable bonds is 21. The Morgan fingerprint density at radius 3 is 0.857 bits per heavy atom. The molecule has 2 heteroatoms. The van der Waals surface area contributed by atoms with Gasteiger partial charge in [0.15, 0.2) is 0 Å². The lowest BCUT2D eigenvalue weighted by molar-refractivity contribution is 0.617. The molecule has 0 heterocycles. The molecule has 0 N–H and O–H groups in total. The standard InChI is InChI=1S/C24H51P.C2H7P/c1-4-7-10-13-16-19-22-25(23-20-17-14-11-8-5-2)24-21-18-15-12-9-6-3;1-2-3/h4-24H2,1-3H3;2-3H2,1H3. The molecule has 0 aliphatic rings. The molecule has 0 fully saturated rings. The van der Waals surface area contributed by atoms with Crippen LogP contribution in [0.4, 0.5) is 0 Å². The summed E-state index contributed by atoms with van der Waals surface area (Å²) in [5.41, 5.74) is 0. The summed E-state index contributed by atoms with van der Waals surface area (Å²) < 4.78 is 0. The zero-order valence-corrected chi connectivity index (χ0v) is 22.6. The molecule has 0 aromatic carbocycles. The molecule has 0 rings (SSSR count). The van der Waals surface area contributed by atoms with E-state index in [2.05, 4.69) is 36.9 Å². The van der Waals surface area contributed by atoms with Crippen LogP contribution < -0.4 is 0 Å². The first-order valence-electron chi connectivity index (χ1n) is 13.2. The van der Waals surface area contributed by atoms with E-state index in [0.29, 0.717) is 7.92 Å². The predicted molar refractivity (Wildman–Crippen MR) is 142 cm³/mol. The van der Waals surface area contributed by atoms with Crippen molar-refractivity contribution in [1.82, 2.24) is 0 Å². The van der Waals surface area contributed by atoms with Crippen molar-refractivity contribution in [2.75, 3.05) is 24.6 Å². The highest BCUT2D eigenvalue weighted by Crippen LogP contribution is 2.39. The minimum Gasteiger partial charge on any atom is -0.138 e. The SMILES string of the molecule is CCCCCCCCP(CCCCCCCC)CCCCCCCC.CCP. The molecule has 0 aliphatic carbocycles. The molecular weight excluding hydrogens is 374 g/mol. The number of hydrogen-bond donors (Lipinski definition) is 0. The van der Waals surface area contributed by atoms with Gasteiger partial charge in [-0.1, -0.05) is 124 Å². The molecule has 0 aromatic rings. The van der Waals surface area contributed by atoms with Crippen LogP contribution in [0.2, 0.25) is 0 Å². The van der Waals surface area contributed by atoms with Crippen molar-refractivity contribution in [3.63, 3.8) is 0 Å². The minimum atomic E-state index is 0.366. The second-order valence-electron chi connectivity index (χ2n) is 8.55. The van der Waals surface area contributed by atoms with Gasteiger partial charge in [-0.15, -0.1) is 17.2 Å². The van der Waals surface area contributed by atoms with Crippen LogP contribution in [0.15, 0.2) is 0 Å². The van der Waals surface area contributed by atoms with Crippen molar-refractivity contribution in [2.45, 2.75) is 143 Å². The van der Waals surface area contributed by atoms with Gasteiger partial charge in [-0.2, -0.15) is 0 Å². The maximum absolute atomic E-state index is 2.58. The third-order valence-electron chi connectivity index (χ3n) is 5.48. The Bertz CT molecular complexity index is 205. The topological polar surface area (TPSA) is 0 Å². The van der Waals surface area contributed by atoms with Crippen molar-refractivity contribution >= 4 is 17.2 Å². The van der Waals surface area contributed by atoms with E-state index < -0.39 is 0 Å². The lowest BCUT2D eigenvalue weighted by atomic mass is 10.1. The second-order valence-corrected chi connectivity index (χ2v) is 12.1. The summed E-state index contributed by atoms with van der Waals surface area (Å²) in [4.78, 5) is 0. The summed E-state index contributed by atoms with van der Waals surface area (Å²) >= 11 is 0. The summed E-state index contributed by atoms with van der Waals surface area (Å²) in [6.45, 7) is 9.05. The van der Waals surface area contributed by atoms with Crippen LogP contribution in [-0.2, 0) is 0 Å². The largest absolute Gasteiger partial charge is 0.138 e. The normalized spacial score (nSPS) is 10.9. The van der Waals surface area contributed by atoms with Gasteiger partial charge >= 0.3 is 0 Å². The average Bonchev–Trinajstić information content (AvgIpc) is 2.69. The molecule has 0 spiro atoms.